The number of aryl methyl sites for hydroxylation is 1. The van der Waals surface area contributed by atoms with Crippen LogP contribution >= 0.6 is 0 Å². The van der Waals surface area contributed by atoms with Gasteiger partial charge < -0.3 is 24.6 Å². The molecule has 0 atom stereocenters. The second kappa shape index (κ2) is 9.52. The number of nitrogens with zero attached hydrogens (tertiary/aromatic N) is 2. The first-order chi connectivity index (χ1) is 14.4. The number of amides is 2. The summed E-state index contributed by atoms with van der Waals surface area (Å²) in [6.07, 6.45) is 2.44. The molecule has 7 heteroatoms. The van der Waals surface area contributed by atoms with E-state index in [4.69, 9.17) is 9.47 Å². The lowest BCUT2D eigenvalue weighted by molar-refractivity contribution is -0.118. The van der Waals surface area contributed by atoms with Gasteiger partial charge in [-0.1, -0.05) is 6.07 Å². The lowest BCUT2D eigenvalue weighted by Crippen LogP contribution is -2.25. The highest BCUT2D eigenvalue weighted by atomic mass is 16.5. The van der Waals surface area contributed by atoms with E-state index >= 15 is 0 Å². The molecule has 1 saturated heterocycles. The van der Waals surface area contributed by atoms with Crippen LogP contribution in [-0.2, 0) is 4.79 Å². The zero-order chi connectivity index (χ0) is 21.7. The predicted molar refractivity (Wildman–Crippen MR) is 118 cm³/mol. The van der Waals surface area contributed by atoms with Crippen molar-refractivity contribution in [1.82, 2.24) is 4.90 Å². The van der Waals surface area contributed by atoms with Crippen molar-refractivity contribution in [3.05, 3.63) is 47.5 Å². The topological polar surface area (TPSA) is 71.1 Å². The molecule has 0 aliphatic carbocycles. The Kier molecular flexibility index (Phi) is 6.82. The summed E-state index contributed by atoms with van der Waals surface area (Å²) in [6.45, 7) is 3.89. The number of rotatable bonds is 7. The largest absolute Gasteiger partial charge is 0.493 e. The van der Waals surface area contributed by atoms with Gasteiger partial charge in [0.15, 0.2) is 18.1 Å². The van der Waals surface area contributed by atoms with Crippen molar-refractivity contribution in [2.75, 3.05) is 51.1 Å². The average Bonchev–Trinajstić information content (AvgIpc) is 3.27. The lowest BCUT2D eigenvalue weighted by atomic mass is 10.1. The van der Waals surface area contributed by atoms with Crippen LogP contribution in [0.15, 0.2) is 36.4 Å². The van der Waals surface area contributed by atoms with Crippen molar-refractivity contribution >= 4 is 23.2 Å². The quantitative estimate of drug-likeness (QED) is 0.757. The Bertz CT molecular complexity index is 921. The van der Waals surface area contributed by atoms with Crippen molar-refractivity contribution < 1.29 is 19.1 Å². The maximum Gasteiger partial charge on any atom is 0.262 e. The van der Waals surface area contributed by atoms with Crippen molar-refractivity contribution in [3.63, 3.8) is 0 Å². The molecule has 2 aromatic rings. The number of para-hydroxylation sites is 1. The molecule has 3 rings (SSSR count). The number of hydrogen-bond acceptors (Lipinski definition) is 5. The number of ether oxygens (including phenoxy) is 2. The van der Waals surface area contributed by atoms with Crippen LogP contribution in [0.5, 0.6) is 11.5 Å². The van der Waals surface area contributed by atoms with Gasteiger partial charge in [-0.3, -0.25) is 9.59 Å². The van der Waals surface area contributed by atoms with E-state index in [2.05, 4.69) is 16.3 Å². The summed E-state index contributed by atoms with van der Waals surface area (Å²) < 4.78 is 11.0. The van der Waals surface area contributed by atoms with E-state index in [1.165, 1.54) is 30.5 Å². The van der Waals surface area contributed by atoms with Crippen LogP contribution < -0.4 is 19.7 Å². The summed E-state index contributed by atoms with van der Waals surface area (Å²) in [5.74, 6) is 0.135. The maximum atomic E-state index is 12.5. The average molecular weight is 412 g/mol. The first-order valence-electron chi connectivity index (χ1n) is 10.1. The molecule has 0 bridgehead atoms. The number of nitrogens with one attached hydrogen (secondary N) is 1. The van der Waals surface area contributed by atoms with Gasteiger partial charge in [0.2, 0.25) is 0 Å². The minimum absolute atomic E-state index is 0.224. The van der Waals surface area contributed by atoms with Crippen LogP contribution in [0.25, 0.3) is 0 Å². The molecule has 1 N–H and O–H groups in total. The standard InChI is InChI=1S/C23H29N3O4/c1-16-14-17(26-12-5-6-13-26)10-11-19(16)24-21(27)15-30-22-18(23(28)25(2)3)8-7-9-20(22)29-4/h7-11,14H,5-6,12-13,15H2,1-4H3,(H,24,27). The molecular weight excluding hydrogens is 382 g/mol. The van der Waals surface area contributed by atoms with E-state index in [1.807, 2.05) is 19.1 Å². The molecule has 1 aliphatic heterocycles. The highest BCUT2D eigenvalue weighted by Gasteiger charge is 2.20. The number of methoxy groups -OCH3 is 1. The minimum atomic E-state index is -0.304. The van der Waals surface area contributed by atoms with E-state index < -0.39 is 0 Å². The van der Waals surface area contributed by atoms with Gasteiger partial charge in [-0.25, -0.2) is 0 Å². The minimum Gasteiger partial charge on any atom is -0.493 e. The zero-order valence-corrected chi connectivity index (χ0v) is 18.0. The van der Waals surface area contributed by atoms with E-state index in [0.29, 0.717) is 11.3 Å². The summed E-state index contributed by atoms with van der Waals surface area (Å²) in [6, 6.07) is 11.1. The van der Waals surface area contributed by atoms with Crippen LogP contribution in [0.3, 0.4) is 0 Å². The van der Waals surface area contributed by atoms with E-state index in [0.717, 1.165) is 24.3 Å². The fraction of sp³-hybridized carbons (Fsp3) is 0.391. The Labute approximate surface area is 177 Å². The molecule has 2 aromatic carbocycles. The van der Waals surface area contributed by atoms with Crippen molar-refractivity contribution in [3.8, 4) is 11.5 Å². The Morgan fingerprint density at radius 1 is 1.13 bits per heavy atom. The molecule has 0 radical (unpaired) electrons. The first-order valence-corrected chi connectivity index (χ1v) is 10.1. The molecule has 7 nitrogen and oxygen atoms in total. The summed E-state index contributed by atoms with van der Waals surface area (Å²) in [7, 11) is 4.82. The molecule has 1 heterocycles. The molecule has 0 saturated carbocycles. The molecule has 1 fully saturated rings. The predicted octanol–water partition coefficient (Wildman–Crippen LogP) is 3.32. The SMILES string of the molecule is COc1cccc(C(=O)N(C)C)c1OCC(=O)Nc1ccc(N2CCCC2)cc1C. The van der Waals surface area contributed by atoms with Gasteiger partial charge in [-0.15, -0.1) is 0 Å². The van der Waals surface area contributed by atoms with Crippen LogP contribution in [-0.4, -0.2) is 57.6 Å². The fourth-order valence-electron chi connectivity index (χ4n) is 3.52. The smallest absolute Gasteiger partial charge is 0.262 e. The van der Waals surface area contributed by atoms with Crippen molar-refractivity contribution in [1.29, 1.82) is 0 Å². The number of benzene rings is 2. The van der Waals surface area contributed by atoms with E-state index in [1.54, 1.807) is 32.3 Å². The van der Waals surface area contributed by atoms with Gasteiger partial charge in [0, 0.05) is 38.6 Å². The molecule has 0 spiro atoms. The zero-order valence-electron chi connectivity index (χ0n) is 18.0. The van der Waals surface area contributed by atoms with Gasteiger partial charge in [0.1, 0.15) is 0 Å². The van der Waals surface area contributed by atoms with E-state index in [9.17, 15) is 9.59 Å². The summed E-state index contributed by atoms with van der Waals surface area (Å²) in [5, 5.41) is 2.89. The van der Waals surface area contributed by atoms with E-state index in [-0.39, 0.29) is 24.2 Å². The normalized spacial score (nSPS) is 13.1. The second-order valence-electron chi connectivity index (χ2n) is 7.57. The number of hydrogen-bond donors (Lipinski definition) is 1. The van der Waals surface area contributed by atoms with Crippen molar-refractivity contribution in [2.45, 2.75) is 19.8 Å². The van der Waals surface area contributed by atoms with Gasteiger partial charge in [0.05, 0.1) is 12.7 Å². The third-order valence-electron chi connectivity index (χ3n) is 5.14. The maximum absolute atomic E-state index is 12.5. The number of anilines is 2. The van der Waals surface area contributed by atoms with Crippen LogP contribution in [0.2, 0.25) is 0 Å². The second-order valence-corrected chi connectivity index (χ2v) is 7.57. The Balaban J connectivity index is 1.68. The highest BCUT2D eigenvalue weighted by molar-refractivity contribution is 5.98. The summed E-state index contributed by atoms with van der Waals surface area (Å²) >= 11 is 0. The van der Waals surface area contributed by atoms with Gasteiger partial charge in [0.25, 0.3) is 11.8 Å². The van der Waals surface area contributed by atoms with Gasteiger partial charge in [-0.2, -0.15) is 0 Å². The molecular formula is C23H29N3O4. The summed E-state index contributed by atoms with van der Waals surface area (Å²) in [5.41, 5.74) is 3.27. The highest BCUT2D eigenvalue weighted by Crippen LogP contribution is 2.32. The number of carbonyl (C=O) groups excluding carboxylic acids is 2. The van der Waals surface area contributed by atoms with Crippen LogP contribution in [0, 0.1) is 6.92 Å². The monoisotopic (exact) mass is 411 g/mol. The molecule has 0 unspecified atom stereocenters. The Morgan fingerprint density at radius 2 is 1.87 bits per heavy atom. The van der Waals surface area contributed by atoms with Crippen molar-refractivity contribution in [2.24, 2.45) is 0 Å². The fourth-order valence-corrected chi connectivity index (χ4v) is 3.52. The Morgan fingerprint density at radius 3 is 2.50 bits per heavy atom. The lowest BCUT2D eigenvalue weighted by Gasteiger charge is -2.20. The summed E-state index contributed by atoms with van der Waals surface area (Å²) in [4.78, 5) is 28.8. The molecule has 2 amide bonds. The van der Waals surface area contributed by atoms with Crippen LogP contribution in [0.4, 0.5) is 11.4 Å². The Hall–Kier alpha value is -3.22. The molecule has 160 valence electrons. The van der Waals surface area contributed by atoms with Crippen LogP contribution in [0.1, 0.15) is 28.8 Å². The van der Waals surface area contributed by atoms with Gasteiger partial charge >= 0.3 is 0 Å². The molecule has 30 heavy (non-hydrogen) atoms. The molecule has 1 aliphatic rings. The number of carbonyl (C=O) groups is 2. The first kappa shape index (κ1) is 21.5. The third kappa shape index (κ3) is 4.84. The van der Waals surface area contributed by atoms with Gasteiger partial charge in [-0.05, 0) is 55.7 Å². The molecule has 0 aromatic heterocycles. The third-order valence-corrected chi connectivity index (χ3v) is 5.14.